The normalized spacial score (nSPS) is 17.2. The van der Waals surface area contributed by atoms with E-state index in [1.807, 2.05) is 43.9 Å². The molecule has 0 aliphatic carbocycles. The molecule has 0 spiro atoms. The maximum absolute atomic E-state index is 14.1. The van der Waals surface area contributed by atoms with E-state index in [9.17, 15) is 18.0 Å². The van der Waals surface area contributed by atoms with Gasteiger partial charge in [0.05, 0.1) is 23.1 Å². The molecule has 0 N–H and O–H groups in total. The summed E-state index contributed by atoms with van der Waals surface area (Å²) in [6.07, 6.45) is 4.91. The molecular weight excluding hydrogens is 481 g/mol. The Hall–Kier alpha value is -3.95. The Balaban J connectivity index is 1.59. The van der Waals surface area contributed by atoms with Crippen molar-refractivity contribution in [3.63, 3.8) is 0 Å². The summed E-state index contributed by atoms with van der Waals surface area (Å²) >= 11 is 0. The molecule has 2 aromatic carbocycles. The van der Waals surface area contributed by atoms with Crippen LogP contribution in [0.2, 0.25) is 0 Å². The van der Waals surface area contributed by atoms with Gasteiger partial charge < -0.3 is 4.90 Å². The van der Waals surface area contributed by atoms with Crippen LogP contribution in [0.3, 0.4) is 0 Å². The van der Waals surface area contributed by atoms with Gasteiger partial charge in [-0.1, -0.05) is 19.9 Å². The van der Waals surface area contributed by atoms with Crippen molar-refractivity contribution in [3.05, 3.63) is 82.8 Å². The highest BCUT2D eigenvalue weighted by Crippen LogP contribution is 2.41. The van der Waals surface area contributed by atoms with Gasteiger partial charge in [-0.2, -0.15) is 5.10 Å². The summed E-state index contributed by atoms with van der Waals surface area (Å²) < 4.78 is 45.2. The molecule has 2 unspecified atom stereocenters. The van der Waals surface area contributed by atoms with Gasteiger partial charge in [-0.3, -0.25) is 14.0 Å². The third-order valence-corrected chi connectivity index (χ3v) is 7.16. The molecular formula is C27H27F3N6O. The quantitative estimate of drug-likeness (QED) is 0.342. The molecule has 7 nitrogen and oxygen atoms in total. The number of fused-ring (bicyclic) bond motifs is 1. The molecule has 37 heavy (non-hydrogen) atoms. The summed E-state index contributed by atoms with van der Waals surface area (Å²) in [7, 11) is 1.69. The summed E-state index contributed by atoms with van der Waals surface area (Å²) in [5.74, 6) is -4.12. The molecule has 1 aliphatic rings. The lowest BCUT2D eigenvalue weighted by molar-refractivity contribution is 0.0513. The molecule has 1 amide bonds. The van der Waals surface area contributed by atoms with Crippen LogP contribution >= 0.6 is 0 Å². The summed E-state index contributed by atoms with van der Waals surface area (Å²) in [6, 6.07) is 7.04. The minimum Gasteiger partial charge on any atom is -0.327 e. The highest BCUT2D eigenvalue weighted by Gasteiger charge is 2.40. The van der Waals surface area contributed by atoms with Gasteiger partial charge >= 0.3 is 0 Å². The predicted molar refractivity (Wildman–Crippen MR) is 132 cm³/mol. The number of amides is 1. The number of nitrogens with zero attached hydrogens (tertiary/aromatic N) is 6. The van der Waals surface area contributed by atoms with E-state index in [1.165, 1.54) is 0 Å². The Morgan fingerprint density at radius 3 is 2.32 bits per heavy atom. The second kappa shape index (κ2) is 9.49. The van der Waals surface area contributed by atoms with Gasteiger partial charge in [0.1, 0.15) is 12.7 Å². The first-order valence-corrected chi connectivity index (χ1v) is 12.2. The number of hydrogen-bond donors (Lipinski definition) is 0. The molecule has 192 valence electrons. The van der Waals surface area contributed by atoms with Gasteiger partial charge in [0.25, 0.3) is 5.91 Å². The van der Waals surface area contributed by atoms with Gasteiger partial charge in [-0.15, -0.1) is 10.2 Å². The zero-order valence-electron chi connectivity index (χ0n) is 21.0. The maximum atomic E-state index is 14.1. The number of halogens is 3. The molecule has 0 bridgehead atoms. The number of carbonyl (C=O) groups is 1. The molecule has 0 saturated heterocycles. The molecule has 0 radical (unpaired) electrons. The summed E-state index contributed by atoms with van der Waals surface area (Å²) in [6.45, 7) is 5.95. The van der Waals surface area contributed by atoms with Crippen molar-refractivity contribution in [3.8, 4) is 16.9 Å². The maximum Gasteiger partial charge on any atom is 0.254 e. The van der Waals surface area contributed by atoms with E-state index >= 15 is 0 Å². The Bertz CT molecular complexity index is 1460. The van der Waals surface area contributed by atoms with E-state index in [-0.39, 0.29) is 23.6 Å². The molecule has 2 atom stereocenters. The number of hydrogen-bond acceptors (Lipinski definition) is 4. The van der Waals surface area contributed by atoms with Crippen molar-refractivity contribution in [2.24, 2.45) is 7.05 Å². The molecule has 0 saturated carbocycles. The summed E-state index contributed by atoms with van der Waals surface area (Å²) in [5.41, 5.74) is 4.59. The Morgan fingerprint density at radius 1 is 1.03 bits per heavy atom. The predicted octanol–water partition coefficient (Wildman–Crippen LogP) is 5.32. The van der Waals surface area contributed by atoms with Gasteiger partial charge in [0, 0.05) is 29.8 Å². The van der Waals surface area contributed by atoms with Crippen LogP contribution < -0.4 is 0 Å². The Morgan fingerprint density at radius 2 is 1.70 bits per heavy atom. The molecule has 3 heterocycles. The van der Waals surface area contributed by atoms with E-state index in [4.69, 9.17) is 5.10 Å². The van der Waals surface area contributed by atoms with Crippen molar-refractivity contribution >= 4 is 5.91 Å². The van der Waals surface area contributed by atoms with Crippen molar-refractivity contribution in [2.45, 2.75) is 52.1 Å². The van der Waals surface area contributed by atoms with Crippen LogP contribution in [0.15, 0.2) is 43.0 Å². The van der Waals surface area contributed by atoms with Crippen molar-refractivity contribution in [1.29, 1.82) is 0 Å². The summed E-state index contributed by atoms with van der Waals surface area (Å²) in [5, 5.41) is 12.4. The second-order valence-electron chi connectivity index (χ2n) is 9.36. The van der Waals surface area contributed by atoms with Crippen LogP contribution in [-0.2, 0) is 13.5 Å². The van der Waals surface area contributed by atoms with Gasteiger partial charge in [0.2, 0.25) is 0 Å². The average Bonchev–Trinajstić information content (AvgIpc) is 3.53. The fraction of sp³-hybridized carbons (Fsp3) is 0.333. The monoisotopic (exact) mass is 508 g/mol. The number of aryl methyl sites for hydroxylation is 2. The standard InChI is InChI=1S/C27H27F3N6O/c1-5-18-12-19-25(33-34(4)26(19)17-9-20(28)24(30)21(29)10-17)22(6-2)36(18)27(37)16-8-7-15(3)23(11-16)35-13-31-32-14-35/h7-11,13-14,18,22H,5-6,12H2,1-4H3. The van der Waals surface area contributed by atoms with E-state index in [0.29, 0.717) is 36.2 Å². The first kappa shape index (κ1) is 24.7. The SMILES string of the molecule is CCC1Cc2c(nn(C)c2-c2cc(F)c(F)c(F)c2)C(CC)N1C(=O)c1ccc(C)c(-n2cnnc2)c1. The van der Waals surface area contributed by atoms with Crippen molar-refractivity contribution < 1.29 is 18.0 Å². The number of benzene rings is 2. The Kier molecular flexibility index (Phi) is 6.35. The van der Waals surface area contributed by atoms with Crippen LogP contribution in [0.25, 0.3) is 16.9 Å². The highest BCUT2D eigenvalue weighted by atomic mass is 19.2. The lowest BCUT2D eigenvalue weighted by Gasteiger charge is -2.41. The van der Waals surface area contributed by atoms with Crippen LogP contribution in [-0.4, -0.2) is 41.4 Å². The zero-order valence-corrected chi connectivity index (χ0v) is 21.0. The molecule has 10 heteroatoms. The van der Waals surface area contributed by atoms with Gasteiger partial charge in [-0.05, 0) is 56.0 Å². The first-order valence-electron chi connectivity index (χ1n) is 12.2. The van der Waals surface area contributed by atoms with E-state index in [0.717, 1.165) is 28.9 Å². The Labute approximate surface area is 212 Å². The zero-order chi connectivity index (χ0) is 26.4. The largest absolute Gasteiger partial charge is 0.327 e. The molecule has 2 aromatic heterocycles. The molecule has 1 aliphatic heterocycles. The van der Waals surface area contributed by atoms with Crippen molar-refractivity contribution in [2.75, 3.05) is 0 Å². The number of rotatable bonds is 5. The van der Waals surface area contributed by atoms with Crippen molar-refractivity contribution in [1.82, 2.24) is 29.4 Å². The lowest BCUT2D eigenvalue weighted by atomic mass is 9.87. The second-order valence-corrected chi connectivity index (χ2v) is 9.36. The van der Waals surface area contributed by atoms with Crippen LogP contribution in [0.5, 0.6) is 0 Å². The minimum atomic E-state index is -1.50. The smallest absolute Gasteiger partial charge is 0.254 e. The van der Waals surface area contributed by atoms with Crippen LogP contribution in [0.1, 0.15) is 59.9 Å². The van der Waals surface area contributed by atoms with Gasteiger partial charge in [0.15, 0.2) is 17.5 Å². The number of carbonyl (C=O) groups excluding carboxylic acids is 1. The van der Waals surface area contributed by atoms with Gasteiger partial charge in [-0.25, -0.2) is 13.2 Å². The average molecular weight is 509 g/mol. The van der Waals surface area contributed by atoms with E-state index in [2.05, 4.69) is 10.2 Å². The number of aromatic nitrogens is 5. The van der Waals surface area contributed by atoms with E-state index in [1.54, 1.807) is 29.0 Å². The van der Waals surface area contributed by atoms with Crippen LogP contribution in [0, 0.1) is 24.4 Å². The fourth-order valence-electron chi connectivity index (χ4n) is 5.36. The summed E-state index contributed by atoms with van der Waals surface area (Å²) in [4.78, 5) is 15.9. The molecule has 4 aromatic rings. The minimum absolute atomic E-state index is 0.121. The van der Waals surface area contributed by atoms with Crippen LogP contribution in [0.4, 0.5) is 13.2 Å². The lowest BCUT2D eigenvalue weighted by Crippen LogP contribution is -2.47. The third kappa shape index (κ3) is 4.10. The molecule has 5 rings (SSSR count). The topological polar surface area (TPSA) is 68.8 Å². The molecule has 0 fully saturated rings. The highest BCUT2D eigenvalue weighted by molar-refractivity contribution is 5.95. The first-order chi connectivity index (χ1) is 17.7. The van der Waals surface area contributed by atoms with E-state index < -0.39 is 17.5 Å². The third-order valence-electron chi connectivity index (χ3n) is 7.16. The fourth-order valence-corrected chi connectivity index (χ4v) is 5.36.